The first-order valence-electron chi connectivity index (χ1n) is 8.99. The summed E-state index contributed by atoms with van der Waals surface area (Å²) in [6.45, 7) is 6.59. The van der Waals surface area contributed by atoms with E-state index in [1.54, 1.807) is 4.90 Å². The van der Waals surface area contributed by atoms with Crippen molar-refractivity contribution in [3.05, 3.63) is 29.8 Å². The van der Waals surface area contributed by atoms with Crippen molar-refractivity contribution in [2.75, 3.05) is 24.5 Å². The molecule has 130 valence electrons. The molecule has 3 rings (SSSR count). The molecule has 5 heteroatoms. The number of amides is 2. The zero-order valence-electron chi connectivity index (χ0n) is 14.5. The second-order valence-corrected chi connectivity index (χ2v) is 7.01. The molecular weight excluding hydrogens is 302 g/mol. The van der Waals surface area contributed by atoms with Crippen molar-refractivity contribution in [2.24, 2.45) is 11.8 Å². The molecule has 0 spiro atoms. The van der Waals surface area contributed by atoms with E-state index >= 15 is 0 Å². The maximum Gasteiger partial charge on any atom is 0.227 e. The number of carbonyl (C=O) groups is 2. The highest BCUT2D eigenvalue weighted by Crippen LogP contribution is 2.26. The van der Waals surface area contributed by atoms with Crippen LogP contribution in [0.3, 0.4) is 0 Å². The molecule has 3 unspecified atom stereocenters. The summed E-state index contributed by atoms with van der Waals surface area (Å²) in [5, 5.41) is 6.46. The zero-order valence-corrected chi connectivity index (χ0v) is 14.5. The standard InChI is InChI=1S/C19H27N3O2/c1-3-14-4-6-16(7-5-14)22-12-15(10-18(22)23)19(24)21-17-11-20-9-8-13(17)2/h4-7,13,15,17,20H,3,8-12H2,1-2H3,(H,21,24). The second-order valence-electron chi connectivity index (χ2n) is 7.01. The van der Waals surface area contributed by atoms with Crippen molar-refractivity contribution in [2.45, 2.75) is 39.2 Å². The summed E-state index contributed by atoms with van der Waals surface area (Å²) in [4.78, 5) is 26.6. The summed E-state index contributed by atoms with van der Waals surface area (Å²) in [5.41, 5.74) is 2.14. The fourth-order valence-corrected chi connectivity index (χ4v) is 3.53. The third kappa shape index (κ3) is 3.61. The number of anilines is 1. The second kappa shape index (κ2) is 7.34. The van der Waals surface area contributed by atoms with Crippen LogP contribution in [0.25, 0.3) is 0 Å². The number of rotatable bonds is 4. The van der Waals surface area contributed by atoms with Crippen molar-refractivity contribution in [1.82, 2.24) is 10.6 Å². The monoisotopic (exact) mass is 329 g/mol. The number of nitrogens with one attached hydrogen (secondary N) is 2. The molecule has 1 aromatic carbocycles. The average Bonchev–Trinajstić information content (AvgIpc) is 2.99. The molecular formula is C19H27N3O2. The largest absolute Gasteiger partial charge is 0.352 e. The molecule has 0 aromatic heterocycles. The van der Waals surface area contributed by atoms with E-state index in [9.17, 15) is 9.59 Å². The molecule has 2 heterocycles. The molecule has 2 aliphatic rings. The Bertz CT molecular complexity index is 599. The fourth-order valence-electron chi connectivity index (χ4n) is 3.53. The van der Waals surface area contributed by atoms with E-state index in [1.807, 2.05) is 24.3 Å². The Hall–Kier alpha value is -1.88. The number of piperidine rings is 1. The van der Waals surface area contributed by atoms with E-state index in [0.717, 1.165) is 31.6 Å². The Kier molecular flexibility index (Phi) is 5.19. The van der Waals surface area contributed by atoms with Gasteiger partial charge < -0.3 is 15.5 Å². The van der Waals surface area contributed by atoms with E-state index in [-0.39, 0.29) is 23.8 Å². The lowest BCUT2D eigenvalue weighted by atomic mass is 9.94. The summed E-state index contributed by atoms with van der Waals surface area (Å²) < 4.78 is 0. The summed E-state index contributed by atoms with van der Waals surface area (Å²) in [5.74, 6) is 0.272. The number of hydrogen-bond acceptors (Lipinski definition) is 3. The van der Waals surface area contributed by atoms with Gasteiger partial charge in [-0.25, -0.2) is 0 Å². The van der Waals surface area contributed by atoms with Gasteiger partial charge in [0.25, 0.3) is 0 Å². The first kappa shape index (κ1) is 17.0. The van der Waals surface area contributed by atoms with E-state index in [1.165, 1.54) is 5.56 Å². The van der Waals surface area contributed by atoms with Crippen LogP contribution < -0.4 is 15.5 Å². The van der Waals surface area contributed by atoms with Crippen molar-refractivity contribution in [3.8, 4) is 0 Å². The Morgan fingerprint density at radius 2 is 2.08 bits per heavy atom. The van der Waals surface area contributed by atoms with Gasteiger partial charge in [-0.2, -0.15) is 0 Å². The van der Waals surface area contributed by atoms with Crippen LogP contribution in [-0.4, -0.2) is 37.5 Å². The van der Waals surface area contributed by atoms with Gasteiger partial charge >= 0.3 is 0 Å². The molecule has 2 fully saturated rings. The first-order chi connectivity index (χ1) is 11.6. The fraction of sp³-hybridized carbons (Fsp3) is 0.579. The molecule has 2 N–H and O–H groups in total. The third-order valence-corrected chi connectivity index (χ3v) is 5.31. The van der Waals surface area contributed by atoms with Gasteiger partial charge in [0.15, 0.2) is 0 Å². The van der Waals surface area contributed by atoms with Crippen LogP contribution in [0.5, 0.6) is 0 Å². The topological polar surface area (TPSA) is 61.4 Å². The zero-order chi connectivity index (χ0) is 17.1. The quantitative estimate of drug-likeness (QED) is 0.884. The van der Waals surface area contributed by atoms with Crippen LogP contribution >= 0.6 is 0 Å². The predicted octanol–water partition coefficient (Wildman–Crippen LogP) is 1.72. The Morgan fingerprint density at radius 3 is 2.75 bits per heavy atom. The van der Waals surface area contributed by atoms with E-state index in [2.05, 4.69) is 24.5 Å². The number of carbonyl (C=O) groups excluding carboxylic acids is 2. The van der Waals surface area contributed by atoms with Crippen LogP contribution in [-0.2, 0) is 16.0 Å². The number of aryl methyl sites for hydroxylation is 1. The maximum atomic E-state index is 12.6. The molecule has 0 aliphatic carbocycles. The molecule has 0 radical (unpaired) electrons. The summed E-state index contributed by atoms with van der Waals surface area (Å²) >= 11 is 0. The lowest BCUT2D eigenvalue weighted by molar-refractivity contribution is -0.127. The minimum Gasteiger partial charge on any atom is -0.352 e. The van der Waals surface area contributed by atoms with Crippen LogP contribution in [0.4, 0.5) is 5.69 Å². The average molecular weight is 329 g/mol. The first-order valence-corrected chi connectivity index (χ1v) is 8.99. The van der Waals surface area contributed by atoms with Crippen molar-refractivity contribution >= 4 is 17.5 Å². The third-order valence-electron chi connectivity index (χ3n) is 5.31. The van der Waals surface area contributed by atoms with Crippen molar-refractivity contribution in [3.63, 3.8) is 0 Å². The van der Waals surface area contributed by atoms with E-state index in [0.29, 0.717) is 18.9 Å². The Balaban J connectivity index is 1.62. The number of benzene rings is 1. The Labute approximate surface area is 143 Å². The van der Waals surface area contributed by atoms with Gasteiger partial charge in [0.2, 0.25) is 11.8 Å². The molecule has 5 nitrogen and oxygen atoms in total. The van der Waals surface area contributed by atoms with Gasteiger partial charge in [0.05, 0.1) is 5.92 Å². The lowest BCUT2D eigenvalue weighted by Crippen LogP contribution is -2.51. The Morgan fingerprint density at radius 1 is 1.33 bits per heavy atom. The summed E-state index contributed by atoms with van der Waals surface area (Å²) in [6, 6.07) is 8.21. The van der Waals surface area contributed by atoms with Gasteiger partial charge in [0.1, 0.15) is 0 Å². The molecule has 2 aliphatic heterocycles. The molecule has 0 saturated carbocycles. The van der Waals surface area contributed by atoms with Crippen molar-refractivity contribution in [1.29, 1.82) is 0 Å². The van der Waals surface area contributed by atoms with Crippen LogP contribution in [0.15, 0.2) is 24.3 Å². The van der Waals surface area contributed by atoms with Gasteiger partial charge in [-0.3, -0.25) is 9.59 Å². The van der Waals surface area contributed by atoms with Crippen LogP contribution in [0.2, 0.25) is 0 Å². The smallest absolute Gasteiger partial charge is 0.227 e. The molecule has 2 saturated heterocycles. The normalized spacial score (nSPS) is 27.3. The lowest BCUT2D eigenvalue weighted by Gasteiger charge is -2.31. The minimum absolute atomic E-state index is 0.0107. The number of hydrogen-bond donors (Lipinski definition) is 2. The van der Waals surface area contributed by atoms with Crippen LogP contribution in [0, 0.1) is 11.8 Å². The summed E-state index contributed by atoms with van der Waals surface area (Å²) in [7, 11) is 0. The van der Waals surface area contributed by atoms with Gasteiger partial charge in [-0.15, -0.1) is 0 Å². The highest BCUT2D eigenvalue weighted by atomic mass is 16.2. The van der Waals surface area contributed by atoms with Gasteiger partial charge in [-0.05, 0) is 43.0 Å². The minimum atomic E-state index is -0.252. The highest BCUT2D eigenvalue weighted by Gasteiger charge is 2.36. The predicted molar refractivity (Wildman–Crippen MR) is 94.9 cm³/mol. The summed E-state index contributed by atoms with van der Waals surface area (Å²) in [6.07, 6.45) is 2.35. The maximum absolute atomic E-state index is 12.6. The molecule has 0 bridgehead atoms. The SMILES string of the molecule is CCc1ccc(N2CC(C(=O)NC3CNCCC3C)CC2=O)cc1. The van der Waals surface area contributed by atoms with Gasteiger partial charge in [0, 0.05) is 31.2 Å². The van der Waals surface area contributed by atoms with Crippen LogP contribution in [0.1, 0.15) is 32.3 Å². The molecule has 24 heavy (non-hydrogen) atoms. The molecule has 1 aromatic rings. The molecule has 2 amide bonds. The number of nitrogens with zero attached hydrogens (tertiary/aromatic N) is 1. The highest BCUT2D eigenvalue weighted by molar-refractivity contribution is 6.00. The van der Waals surface area contributed by atoms with Gasteiger partial charge in [-0.1, -0.05) is 26.0 Å². The van der Waals surface area contributed by atoms with Crippen molar-refractivity contribution < 1.29 is 9.59 Å². The van der Waals surface area contributed by atoms with E-state index < -0.39 is 0 Å². The molecule has 3 atom stereocenters. The van der Waals surface area contributed by atoms with E-state index in [4.69, 9.17) is 0 Å².